The molecule has 96 valence electrons. The van der Waals surface area contributed by atoms with Crippen LogP contribution in [-0.2, 0) is 0 Å². The summed E-state index contributed by atoms with van der Waals surface area (Å²) in [6.45, 7) is 1.40. The van der Waals surface area contributed by atoms with Gasteiger partial charge in [0.1, 0.15) is 11.5 Å². The van der Waals surface area contributed by atoms with Crippen LogP contribution in [0.4, 0.5) is 5.69 Å². The summed E-state index contributed by atoms with van der Waals surface area (Å²) >= 11 is 0. The third-order valence-corrected chi connectivity index (χ3v) is 2.31. The van der Waals surface area contributed by atoms with Crippen LogP contribution in [0.5, 0.6) is 11.5 Å². The van der Waals surface area contributed by atoms with E-state index in [0.717, 1.165) is 23.7 Å². The second-order valence-corrected chi connectivity index (χ2v) is 3.65. The first-order valence-corrected chi connectivity index (χ1v) is 5.65. The zero-order valence-electron chi connectivity index (χ0n) is 10.0. The van der Waals surface area contributed by atoms with E-state index in [1.54, 1.807) is 0 Å². The van der Waals surface area contributed by atoms with Crippen molar-refractivity contribution in [2.45, 2.75) is 0 Å². The molecule has 3 nitrogen and oxygen atoms in total. The lowest BCUT2D eigenvalue weighted by Crippen LogP contribution is -2.12. The minimum Gasteiger partial charge on any atom is -0.457 e. The van der Waals surface area contributed by atoms with Crippen molar-refractivity contribution in [2.75, 3.05) is 18.4 Å². The Morgan fingerprint density at radius 2 is 1.50 bits per heavy atom. The molecule has 0 aliphatic heterocycles. The summed E-state index contributed by atoms with van der Waals surface area (Å²) in [7, 11) is 0. The fourth-order valence-corrected chi connectivity index (χ4v) is 1.48. The van der Waals surface area contributed by atoms with E-state index < -0.39 is 0 Å². The zero-order valence-corrected chi connectivity index (χ0v) is 10.8. The van der Waals surface area contributed by atoms with E-state index in [0.29, 0.717) is 6.54 Å². The molecule has 0 saturated heterocycles. The van der Waals surface area contributed by atoms with Gasteiger partial charge in [-0.3, -0.25) is 0 Å². The molecule has 0 saturated carbocycles. The smallest absolute Gasteiger partial charge is 0.127 e. The average Bonchev–Trinajstić information content (AvgIpc) is 2.39. The molecule has 18 heavy (non-hydrogen) atoms. The normalized spacial score (nSPS) is 9.39. The van der Waals surface area contributed by atoms with E-state index in [9.17, 15) is 0 Å². The monoisotopic (exact) mass is 264 g/mol. The Kier molecular flexibility index (Phi) is 6.05. The molecule has 0 spiro atoms. The number of ether oxygens (including phenoxy) is 1. The number of halogens is 1. The maximum Gasteiger partial charge on any atom is 0.127 e. The van der Waals surface area contributed by atoms with Gasteiger partial charge < -0.3 is 15.8 Å². The van der Waals surface area contributed by atoms with Crippen LogP contribution < -0.4 is 15.8 Å². The molecule has 0 heterocycles. The Balaban J connectivity index is 0.00000162. The Labute approximate surface area is 113 Å². The molecule has 2 aromatic carbocycles. The Bertz CT molecular complexity index is 445. The Morgan fingerprint density at radius 3 is 2.11 bits per heavy atom. The fraction of sp³-hybridized carbons (Fsp3) is 0.143. The molecular formula is C14H17ClN2O. The van der Waals surface area contributed by atoms with Gasteiger partial charge in [-0.05, 0) is 36.4 Å². The molecule has 0 bridgehead atoms. The lowest BCUT2D eigenvalue weighted by molar-refractivity contribution is 0.483. The molecule has 0 amide bonds. The summed E-state index contributed by atoms with van der Waals surface area (Å²) in [4.78, 5) is 0. The molecule has 2 rings (SSSR count). The highest BCUT2D eigenvalue weighted by Gasteiger charge is 1.96. The molecule has 0 radical (unpaired) electrons. The standard InChI is InChI=1S/C14H16N2O.ClH/c15-10-11-16-12-6-8-14(9-7-12)17-13-4-2-1-3-5-13;/h1-9,16H,10-11,15H2;1H. The summed E-state index contributed by atoms with van der Waals surface area (Å²) in [5.74, 6) is 1.67. The van der Waals surface area contributed by atoms with Crippen molar-refractivity contribution in [2.24, 2.45) is 5.73 Å². The van der Waals surface area contributed by atoms with Crippen LogP contribution in [0.3, 0.4) is 0 Å². The number of benzene rings is 2. The van der Waals surface area contributed by atoms with Crippen LogP contribution in [0.15, 0.2) is 54.6 Å². The molecule has 0 aliphatic carbocycles. The summed E-state index contributed by atoms with van der Waals surface area (Å²) in [5.41, 5.74) is 6.47. The molecule has 0 fully saturated rings. The van der Waals surface area contributed by atoms with Gasteiger partial charge in [-0.2, -0.15) is 0 Å². The number of hydrogen-bond donors (Lipinski definition) is 2. The van der Waals surface area contributed by atoms with Gasteiger partial charge in [0.05, 0.1) is 0 Å². The lowest BCUT2D eigenvalue weighted by Gasteiger charge is -2.07. The molecule has 3 N–H and O–H groups in total. The second kappa shape index (κ2) is 7.58. The molecular weight excluding hydrogens is 248 g/mol. The van der Waals surface area contributed by atoms with Gasteiger partial charge in [0.15, 0.2) is 0 Å². The molecule has 2 aromatic rings. The predicted molar refractivity (Wildman–Crippen MR) is 77.8 cm³/mol. The largest absolute Gasteiger partial charge is 0.457 e. The molecule has 0 aliphatic rings. The van der Waals surface area contributed by atoms with E-state index in [4.69, 9.17) is 10.5 Å². The van der Waals surface area contributed by atoms with E-state index >= 15 is 0 Å². The summed E-state index contributed by atoms with van der Waals surface area (Å²) < 4.78 is 5.69. The van der Waals surface area contributed by atoms with Gasteiger partial charge in [-0.1, -0.05) is 18.2 Å². The maximum absolute atomic E-state index is 5.69. The third kappa shape index (κ3) is 4.28. The van der Waals surface area contributed by atoms with Crippen molar-refractivity contribution in [3.05, 3.63) is 54.6 Å². The van der Waals surface area contributed by atoms with E-state index in [1.165, 1.54) is 0 Å². The molecule has 4 heteroatoms. The first-order valence-electron chi connectivity index (χ1n) is 5.65. The van der Waals surface area contributed by atoms with Gasteiger partial charge >= 0.3 is 0 Å². The Hall–Kier alpha value is -1.71. The Morgan fingerprint density at radius 1 is 0.889 bits per heavy atom. The van der Waals surface area contributed by atoms with Gasteiger partial charge in [0.2, 0.25) is 0 Å². The van der Waals surface area contributed by atoms with Gasteiger partial charge in [0.25, 0.3) is 0 Å². The predicted octanol–water partition coefficient (Wildman–Crippen LogP) is 3.27. The zero-order chi connectivity index (χ0) is 11.9. The van der Waals surface area contributed by atoms with Crippen molar-refractivity contribution in [1.29, 1.82) is 0 Å². The highest BCUT2D eigenvalue weighted by atomic mass is 35.5. The first kappa shape index (κ1) is 14.4. The number of para-hydroxylation sites is 1. The van der Waals surface area contributed by atoms with E-state index in [2.05, 4.69) is 5.32 Å². The van der Waals surface area contributed by atoms with Crippen molar-refractivity contribution < 1.29 is 4.74 Å². The topological polar surface area (TPSA) is 47.3 Å². The number of rotatable bonds is 5. The SMILES string of the molecule is Cl.NCCNc1ccc(Oc2ccccc2)cc1. The highest BCUT2D eigenvalue weighted by Crippen LogP contribution is 2.22. The van der Waals surface area contributed by atoms with Crippen molar-refractivity contribution >= 4 is 18.1 Å². The summed E-state index contributed by atoms with van der Waals surface area (Å²) in [6.07, 6.45) is 0. The van der Waals surface area contributed by atoms with Crippen molar-refractivity contribution in [3.63, 3.8) is 0 Å². The van der Waals surface area contributed by atoms with Crippen LogP contribution in [0, 0.1) is 0 Å². The maximum atomic E-state index is 5.69. The lowest BCUT2D eigenvalue weighted by atomic mass is 10.3. The van der Waals surface area contributed by atoms with Crippen LogP contribution in [0.2, 0.25) is 0 Å². The van der Waals surface area contributed by atoms with Crippen LogP contribution >= 0.6 is 12.4 Å². The average molecular weight is 265 g/mol. The minimum absolute atomic E-state index is 0. The molecule has 0 unspecified atom stereocenters. The van der Waals surface area contributed by atoms with Crippen molar-refractivity contribution in [3.8, 4) is 11.5 Å². The van der Waals surface area contributed by atoms with Gasteiger partial charge in [-0.15, -0.1) is 12.4 Å². The summed E-state index contributed by atoms with van der Waals surface area (Å²) in [5, 5.41) is 3.20. The van der Waals surface area contributed by atoms with Gasteiger partial charge in [0, 0.05) is 18.8 Å². The quantitative estimate of drug-likeness (QED) is 0.871. The number of anilines is 1. The first-order chi connectivity index (χ1) is 8.38. The van der Waals surface area contributed by atoms with Gasteiger partial charge in [-0.25, -0.2) is 0 Å². The number of nitrogens with two attached hydrogens (primary N) is 1. The third-order valence-electron chi connectivity index (χ3n) is 2.31. The number of nitrogens with one attached hydrogen (secondary N) is 1. The highest BCUT2D eigenvalue weighted by molar-refractivity contribution is 5.85. The van der Waals surface area contributed by atoms with Crippen LogP contribution in [0.1, 0.15) is 0 Å². The fourth-order valence-electron chi connectivity index (χ4n) is 1.48. The van der Waals surface area contributed by atoms with Crippen LogP contribution in [-0.4, -0.2) is 13.1 Å². The van der Waals surface area contributed by atoms with E-state index in [1.807, 2.05) is 54.6 Å². The van der Waals surface area contributed by atoms with E-state index in [-0.39, 0.29) is 12.4 Å². The van der Waals surface area contributed by atoms with Crippen LogP contribution in [0.25, 0.3) is 0 Å². The number of hydrogen-bond acceptors (Lipinski definition) is 3. The van der Waals surface area contributed by atoms with Crippen molar-refractivity contribution in [1.82, 2.24) is 0 Å². The summed E-state index contributed by atoms with van der Waals surface area (Å²) in [6, 6.07) is 17.6. The molecule has 0 aromatic heterocycles. The second-order valence-electron chi connectivity index (χ2n) is 3.65. The molecule has 0 atom stereocenters. The minimum atomic E-state index is 0.